The van der Waals surface area contributed by atoms with Gasteiger partial charge in [0.2, 0.25) is 0 Å². The van der Waals surface area contributed by atoms with Crippen LogP contribution in [0.3, 0.4) is 0 Å². The van der Waals surface area contributed by atoms with Crippen molar-refractivity contribution in [1.82, 2.24) is 5.32 Å². The van der Waals surface area contributed by atoms with Gasteiger partial charge in [-0.05, 0) is 62.6 Å². The molecule has 23 heavy (non-hydrogen) atoms. The molecule has 0 aliphatic rings. The summed E-state index contributed by atoms with van der Waals surface area (Å²) in [6.07, 6.45) is 0. The van der Waals surface area contributed by atoms with Crippen molar-refractivity contribution in [2.75, 3.05) is 6.61 Å². The van der Waals surface area contributed by atoms with Crippen molar-refractivity contribution >= 4 is 17.5 Å². The number of aryl methyl sites for hydroxylation is 3. The van der Waals surface area contributed by atoms with E-state index in [2.05, 4.69) is 23.5 Å². The summed E-state index contributed by atoms with van der Waals surface area (Å²) in [7, 11) is 0. The van der Waals surface area contributed by atoms with Gasteiger partial charge in [0.25, 0.3) is 5.91 Å². The maximum absolute atomic E-state index is 12.1. The van der Waals surface area contributed by atoms with Crippen molar-refractivity contribution in [3.8, 4) is 5.75 Å². The van der Waals surface area contributed by atoms with Crippen molar-refractivity contribution in [2.24, 2.45) is 0 Å². The van der Waals surface area contributed by atoms with Gasteiger partial charge in [-0.15, -0.1) is 0 Å². The summed E-state index contributed by atoms with van der Waals surface area (Å²) >= 11 is 5.97. The fourth-order valence-electron chi connectivity index (χ4n) is 2.44. The summed E-state index contributed by atoms with van der Waals surface area (Å²) in [6, 6.07) is 11.5. The summed E-state index contributed by atoms with van der Waals surface area (Å²) in [5.74, 6) is 0.493. The maximum atomic E-state index is 12.1. The van der Waals surface area contributed by atoms with E-state index in [0.29, 0.717) is 10.8 Å². The third-order valence-corrected chi connectivity index (χ3v) is 4.20. The van der Waals surface area contributed by atoms with Crippen LogP contribution in [0.4, 0.5) is 0 Å². The molecule has 0 fully saturated rings. The number of carbonyl (C=O) groups is 1. The van der Waals surface area contributed by atoms with Crippen LogP contribution in [0.15, 0.2) is 36.4 Å². The second-order valence-electron chi connectivity index (χ2n) is 5.85. The lowest BCUT2D eigenvalue weighted by Crippen LogP contribution is -2.31. The predicted molar refractivity (Wildman–Crippen MR) is 94.2 cm³/mol. The molecule has 0 saturated heterocycles. The van der Waals surface area contributed by atoms with Crippen molar-refractivity contribution in [3.05, 3.63) is 63.7 Å². The fraction of sp³-hybridized carbons (Fsp3) is 0.316. The molecule has 0 bridgehead atoms. The number of hydrogen-bond acceptors (Lipinski definition) is 2. The molecule has 0 heterocycles. The molecule has 1 N–H and O–H groups in total. The van der Waals surface area contributed by atoms with E-state index in [-0.39, 0.29) is 18.6 Å². The van der Waals surface area contributed by atoms with Crippen molar-refractivity contribution in [3.63, 3.8) is 0 Å². The third kappa shape index (κ3) is 4.73. The summed E-state index contributed by atoms with van der Waals surface area (Å²) in [4.78, 5) is 12.1. The highest BCUT2D eigenvalue weighted by atomic mass is 35.5. The summed E-state index contributed by atoms with van der Waals surface area (Å²) in [6.45, 7) is 7.95. The molecule has 0 aromatic heterocycles. The predicted octanol–water partition coefficient (Wildman–Crippen LogP) is 4.52. The molecule has 3 nitrogen and oxygen atoms in total. The van der Waals surface area contributed by atoms with Crippen LogP contribution in [0.25, 0.3) is 0 Å². The van der Waals surface area contributed by atoms with Crippen LogP contribution >= 0.6 is 11.6 Å². The first kappa shape index (κ1) is 17.4. The molecule has 2 rings (SSSR count). The highest BCUT2D eigenvalue weighted by Gasteiger charge is 2.12. The standard InChI is InChI=1S/C19H22ClNO2/c1-12-5-6-13(2)17(9-12)15(4)21-19(22)11-23-16-7-8-18(20)14(3)10-16/h5-10,15H,11H2,1-4H3,(H,21,22)/t15-/m1/s1. The van der Waals surface area contributed by atoms with Crippen molar-refractivity contribution in [1.29, 1.82) is 0 Å². The highest BCUT2D eigenvalue weighted by molar-refractivity contribution is 6.31. The Morgan fingerprint density at radius 3 is 2.57 bits per heavy atom. The van der Waals surface area contributed by atoms with E-state index < -0.39 is 0 Å². The molecule has 2 aromatic rings. The van der Waals surface area contributed by atoms with Crippen molar-refractivity contribution < 1.29 is 9.53 Å². The Kier molecular flexibility index (Phi) is 5.67. The second-order valence-corrected chi connectivity index (χ2v) is 6.26. The van der Waals surface area contributed by atoms with E-state index in [1.165, 1.54) is 5.56 Å². The first-order valence-electron chi connectivity index (χ1n) is 7.62. The van der Waals surface area contributed by atoms with E-state index in [4.69, 9.17) is 16.3 Å². The molecule has 0 spiro atoms. The Morgan fingerprint density at radius 1 is 1.13 bits per heavy atom. The molecule has 1 atom stereocenters. The van der Waals surface area contributed by atoms with Crippen LogP contribution in [0.2, 0.25) is 5.02 Å². The van der Waals surface area contributed by atoms with Crippen LogP contribution < -0.4 is 10.1 Å². The van der Waals surface area contributed by atoms with Gasteiger partial charge in [0.15, 0.2) is 6.61 Å². The zero-order chi connectivity index (χ0) is 17.0. The number of hydrogen-bond donors (Lipinski definition) is 1. The minimum absolute atomic E-state index is 0.0176. The van der Waals surface area contributed by atoms with Gasteiger partial charge in [-0.2, -0.15) is 0 Å². The number of benzene rings is 2. The lowest BCUT2D eigenvalue weighted by Gasteiger charge is -2.17. The molecule has 0 saturated carbocycles. The fourth-order valence-corrected chi connectivity index (χ4v) is 2.56. The van der Waals surface area contributed by atoms with Gasteiger partial charge in [0.1, 0.15) is 5.75 Å². The molecular formula is C19H22ClNO2. The highest BCUT2D eigenvalue weighted by Crippen LogP contribution is 2.21. The van der Waals surface area contributed by atoms with E-state index in [1.54, 1.807) is 12.1 Å². The van der Waals surface area contributed by atoms with Crippen LogP contribution in [-0.4, -0.2) is 12.5 Å². The number of ether oxygens (including phenoxy) is 1. The van der Waals surface area contributed by atoms with Crippen LogP contribution in [-0.2, 0) is 4.79 Å². The third-order valence-electron chi connectivity index (χ3n) is 3.78. The molecule has 0 unspecified atom stereocenters. The van der Waals surface area contributed by atoms with Gasteiger partial charge in [0, 0.05) is 5.02 Å². The number of rotatable bonds is 5. The SMILES string of the molecule is Cc1ccc(C)c([C@@H](C)NC(=O)COc2ccc(Cl)c(C)c2)c1. The monoisotopic (exact) mass is 331 g/mol. The average molecular weight is 332 g/mol. The molecule has 0 aliphatic carbocycles. The number of nitrogens with one attached hydrogen (secondary N) is 1. The maximum Gasteiger partial charge on any atom is 0.258 e. The summed E-state index contributed by atoms with van der Waals surface area (Å²) in [5.41, 5.74) is 4.39. The van der Waals surface area contributed by atoms with Crippen molar-refractivity contribution in [2.45, 2.75) is 33.7 Å². The largest absolute Gasteiger partial charge is 0.484 e. The molecule has 4 heteroatoms. The van der Waals surface area contributed by atoms with Crippen LogP contribution in [0.1, 0.15) is 35.2 Å². The molecule has 0 aliphatic heterocycles. The first-order valence-corrected chi connectivity index (χ1v) is 8.00. The van der Waals surface area contributed by atoms with Crippen LogP contribution in [0, 0.1) is 20.8 Å². The van der Waals surface area contributed by atoms with E-state index in [0.717, 1.165) is 16.7 Å². The van der Waals surface area contributed by atoms with Crippen LogP contribution in [0.5, 0.6) is 5.75 Å². The van der Waals surface area contributed by atoms with Gasteiger partial charge in [-0.25, -0.2) is 0 Å². The number of amides is 1. The average Bonchev–Trinajstić information content (AvgIpc) is 2.50. The lowest BCUT2D eigenvalue weighted by atomic mass is 10.00. The Morgan fingerprint density at radius 2 is 1.87 bits per heavy atom. The normalized spacial score (nSPS) is 11.9. The van der Waals surface area contributed by atoms with Gasteiger partial charge >= 0.3 is 0 Å². The Labute approximate surface area is 142 Å². The Hall–Kier alpha value is -2.00. The smallest absolute Gasteiger partial charge is 0.258 e. The van der Waals surface area contributed by atoms with Gasteiger partial charge in [0.05, 0.1) is 6.04 Å². The first-order chi connectivity index (χ1) is 10.9. The molecule has 0 radical (unpaired) electrons. The second kappa shape index (κ2) is 7.51. The molecular weight excluding hydrogens is 310 g/mol. The van der Waals surface area contributed by atoms with Gasteiger partial charge < -0.3 is 10.1 Å². The number of carbonyl (C=O) groups excluding carboxylic acids is 1. The quantitative estimate of drug-likeness (QED) is 0.874. The Balaban J connectivity index is 1.93. The zero-order valence-electron chi connectivity index (χ0n) is 13.9. The zero-order valence-corrected chi connectivity index (χ0v) is 14.7. The summed E-state index contributed by atoms with van der Waals surface area (Å²) in [5, 5.41) is 3.66. The minimum atomic E-state index is -0.147. The van der Waals surface area contributed by atoms with E-state index in [1.807, 2.05) is 33.8 Å². The topological polar surface area (TPSA) is 38.3 Å². The lowest BCUT2D eigenvalue weighted by molar-refractivity contribution is -0.123. The Bertz CT molecular complexity index is 713. The molecule has 122 valence electrons. The minimum Gasteiger partial charge on any atom is -0.484 e. The van der Waals surface area contributed by atoms with E-state index >= 15 is 0 Å². The van der Waals surface area contributed by atoms with Gasteiger partial charge in [-0.1, -0.05) is 35.4 Å². The van der Waals surface area contributed by atoms with E-state index in [9.17, 15) is 4.79 Å². The summed E-state index contributed by atoms with van der Waals surface area (Å²) < 4.78 is 5.52. The van der Waals surface area contributed by atoms with Gasteiger partial charge in [-0.3, -0.25) is 4.79 Å². The molecule has 1 amide bonds. The molecule has 2 aromatic carbocycles. The number of halogens is 1.